The summed E-state index contributed by atoms with van der Waals surface area (Å²) in [5.41, 5.74) is 5.78. The Bertz CT molecular complexity index is 741. The molecule has 2 nitrogen and oxygen atoms in total. The zero-order chi connectivity index (χ0) is 13.4. The van der Waals surface area contributed by atoms with Crippen LogP contribution in [0.2, 0.25) is 0 Å². The molecule has 0 fully saturated rings. The maximum atomic E-state index is 4.33. The molecule has 3 aromatic rings. The van der Waals surface area contributed by atoms with Crippen LogP contribution in [0.15, 0.2) is 48.8 Å². The van der Waals surface area contributed by atoms with E-state index in [2.05, 4.69) is 45.9 Å². The molecule has 0 atom stereocenters. The molecular formula is C18H18N2. The third-order valence-corrected chi connectivity index (χ3v) is 4.36. The van der Waals surface area contributed by atoms with Crippen molar-refractivity contribution >= 4 is 10.9 Å². The first-order valence-electron chi connectivity index (χ1n) is 7.41. The zero-order valence-corrected chi connectivity index (χ0v) is 11.5. The molecule has 1 aliphatic carbocycles. The van der Waals surface area contributed by atoms with E-state index in [0.29, 0.717) is 0 Å². The van der Waals surface area contributed by atoms with E-state index in [1.807, 2.05) is 12.4 Å². The molecule has 0 saturated carbocycles. The van der Waals surface area contributed by atoms with E-state index in [1.165, 1.54) is 53.4 Å². The maximum absolute atomic E-state index is 4.33. The van der Waals surface area contributed by atoms with E-state index in [9.17, 15) is 0 Å². The zero-order valence-electron chi connectivity index (χ0n) is 11.5. The summed E-state index contributed by atoms with van der Waals surface area (Å²) in [6, 6.07) is 12.9. The number of hydrogen-bond acceptors (Lipinski definition) is 1. The fraction of sp³-hybridized carbons (Fsp3) is 0.278. The van der Waals surface area contributed by atoms with Gasteiger partial charge in [0.2, 0.25) is 0 Å². The van der Waals surface area contributed by atoms with Gasteiger partial charge in [-0.1, -0.05) is 30.3 Å². The van der Waals surface area contributed by atoms with Crippen molar-refractivity contribution in [2.45, 2.75) is 32.2 Å². The molecule has 0 bridgehead atoms. The van der Waals surface area contributed by atoms with Gasteiger partial charge in [0.25, 0.3) is 0 Å². The molecular weight excluding hydrogens is 244 g/mol. The number of pyridine rings is 1. The smallest absolute Gasteiger partial charge is 0.0519 e. The molecule has 0 radical (unpaired) electrons. The predicted molar refractivity (Wildman–Crippen MR) is 81.9 cm³/mol. The van der Waals surface area contributed by atoms with Crippen LogP contribution in [0.25, 0.3) is 10.9 Å². The lowest BCUT2D eigenvalue weighted by Gasteiger charge is -2.16. The van der Waals surface area contributed by atoms with Gasteiger partial charge in [0.05, 0.1) is 5.52 Å². The van der Waals surface area contributed by atoms with Crippen molar-refractivity contribution in [3.8, 4) is 0 Å². The average Bonchev–Trinajstić information content (AvgIpc) is 2.84. The molecule has 2 heterocycles. The Labute approximate surface area is 119 Å². The molecule has 2 heteroatoms. The fourth-order valence-corrected chi connectivity index (χ4v) is 3.42. The lowest BCUT2D eigenvalue weighted by Crippen LogP contribution is -2.09. The van der Waals surface area contributed by atoms with Gasteiger partial charge in [0, 0.05) is 30.0 Å². The van der Waals surface area contributed by atoms with Crippen LogP contribution in [0.3, 0.4) is 0 Å². The van der Waals surface area contributed by atoms with Crippen LogP contribution in [0.4, 0.5) is 0 Å². The van der Waals surface area contributed by atoms with Gasteiger partial charge in [0.15, 0.2) is 0 Å². The highest BCUT2D eigenvalue weighted by molar-refractivity contribution is 5.85. The quantitative estimate of drug-likeness (QED) is 0.683. The lowest BCUT2D eigenvalue weighted by molar-refractivity contribution is 0.638. The summed E-state index contributed by atoms with van der Waals surface area (Å²) >= 11 is 0. The fourth-order valence-electron chi connectivity index (χ4n) is 3.42. The first kappa shape index (κ1) is 11.7. The molecule has 100 valence electrons. The van der Waals surface area contributed by atoms with Gasteiger partial charge in [-0.2, -0.15) is 0 Å². The van der Waals surface area contributed by atoms with E-state index in [0.717, 1.165) is 6.54 Å². The van der Waals surface area contributed by atoms with E-state index in [1.54, 1.807) is 0 Å². The van der Waals surface area contributed by atoms with Crippen molar-refractivity contribution < 1.29 is 0 Å². The monoisotopic (exact) mass is 262 g/mol. The largest absolute Gasteiger partial charge is 0.340 e. The first-order valence-corrected chi connectivity index (χ1v) is 7.41. The second-order valence-corrected chi connectivity index (χ2v) is 5.60. The normalized spacial score (nSPS) is 14.4. The molecule has 2 aromatic heterocycles. The van der Waals surface area contributed by atoms with Gasteiger partial charge in [-0.15, -0.1) is 0 Å². The van der Waals surface area contributed by atoms with Crippen LogP contribution in [0.5, 0.6) is 0 Å². The topological polar surface area (TPSA) is 17.8 Å². The van der Waals surface area contributed by atoms with Crippen molar-refractivity contribution in [2.24, 2.45) is 0 Å². The van der Waals surface area contributed by atoms with Gasteiger partial charge < -0.3 is 4.57 Å². The van der Waals surface area contributed by atoms with Crippen molar-refractivity contribution in [3.63, 3.8) is 0 Å². The lowest BCUT2D eigenvalue weighted by atomic mass is 9.96. The van der Waals surface area contributed by atoms with Gasteiger partial charge in [0.1, 0.15) is 0 Å². The summed E-state index contributed by atoms with van der Waals surface area (Å²) in [7, 11) is 0. The molecule has 1 aliphatic rings. The molecule has 0 spiro atoms. The first-order chi connectivity index (χ1) is 9.93. The summed E-state index contributed by atoms with van der Waals surface area (Å²) < 4.78 is 2.50. The highest BCUT2D eigenvalue weighted by atomic mass is 15.0. The number of nitrogens with zero attached hydrogens (tertiary/aromatic N) is 2. The summed E-state index contributed by atoms with van der Waals surface area (Å²) in [6.07, 6.45) is 8.99. The van der Waals surface area contributed by atoms with Crippen LogP contribution >= 0.6 is 0 Å². The third-order valence-electron chi connectivity index (χ3n) is 4.36. The second-order valence-electron chi connectivity index (χ2n) is 5.60. The summed E-state index contributed by atoms with van der Waals surface area (Å²) in [6.45, 7) is 0.969. The molecule has 4 rings (SSSR count). The van der Waals surface area contributed by atoms with Crippen LogP contribution in [-0.4, -0.2) is 9.55 Å². The molecule has 0 aliphatic heterocycles. The van der Waals surface area contributed by atoms with Gasteiger partial charge in [-0.3, -0.25) is 4.98 Å². The minimum absolute atomic E-state index is 0.969. The molecule has 0 saturated heterocycles. The summed E-state index contributed by atoms with van der Waals surface area (Å²) in [4.78, 5) is 4.33. The van der Waals surface area contributed by atoms with Crippen LogP contribution in [0, 0.1) is 0 Å². The van der Waals surface area contributed by atoms with Crippen molar-refractivity contribution in [3.05, 3.63) is 65.6 Å². The summed E-state index contributed by atoms with van der Waals surface area (Å²) in [5.74, 6) is 0. The number of aromatic nitrogens is 2. The molecule has 0 unspecified atom stereocenters. The Morgan fingerprint density at radius 2 is 1.85 bits per heavy atom. The molecule has 0 amide bonds. The van der Waals surface area contributed by atoms with Gasteiger partial charge >= 0.3 is 0 Å². The Hall–Kier alpha value is -2.09. The van der Waals surface area contributed by atoms with Gasteiger partial charge in [-0.25, -0.2) is 0 Å². The van der Waals surface area contributed by atoms with E-state index >= 15 is 0 Å². The predicted octanol–water partition coefficient (Wildman–Crippen LogP) is 3.96. The van der Waals surface area contributed by atoms with Crippen molar-refractivity contribution in [1.82, 2.24) is 9.55 Å². The van der Waals surface area contributed by atoms with Crippen molar-refractivity contribution in [2.75, 3.05) is 0 Å². The third kappa shape index (κ3) is 1.83. The maximum Gasteiger partial charge on any atom is 0.0519 e. The van der Waals surface area contributed by atoms with Crippen LogP contribution in [-0.2, 0) is 19.4 Å². The number of fused-ring (bicyclic) bond motifs is 3. The number of rotatable bonds is 2. The van der Waals surface area contributed by atoms with E-state index < -0.39 is 0 Å². The summed E-state index contributed by atoms with van der Waals surface area (Å²) in [5, 5.41) is 1.36. The average molecular weight is 262 g/mol. The van der Waals surface area contributed by atoms with E-state index in [4.69, 9.17) is 0 Å². The molecule has 20 heavy (non-hydrogen) atoms. The van der Waals surface area contributed by atoms with Crippen LogP contribution in [0.1, 0.15) is 29.7 Å². The highest BCUT2D eigenvalue weighted by Crippen LogP contribution is 2.32. The van der Waals surface area contributed by atoms with Crippen molar-refractivity contribution in [1.29, 1.82) is 0 Å². The minimum Gasteiger partial charge on any atom is -0.340 e. The Kier molecular flexibility index (Phi) is 2.80. The van der Waals surface area contributed by atoms with E-state index in [-0.39, 0.29) is 0 Å². The minimum atomic E-state index is 0.969. The number of benzene rings is 1. The second kappa shape index (κ2) is 4.78. The number of aryl methyl sites for hydroxylation is 1. The highest BCUT2D eigenvalue weighted by Gasteiger charge is 2.19. The van der Waals surface area contributed by atoms with Gasteiger partial charge in [-0.05, 0) is 42.9 Å². The van der Waals surface area contributed by atoms with Crippen LogP contribution < -0.4 is 0 Å². The number of hydrogen-bond donors (Lipinski definition) is 0. The standard InChI is InChI=1S/C18H18N2/c1-2-6-14(7-3-1)13-20-17-9-5-4-8-15(17)16-12-19-11-10-18(16)20/h1-3,6-7,10-12H,4-5,8-9,13H2. The Morgan fingerprint density at radius 3 is 2.75 bits per heavy atom. The SMILES string of the molecule is c1ccc(Cn2c3c(c4cnccc42)CCCC3)cc1. The molecule has 0 N–H and O–H groups in total. The Balaban J connectivity index is 1.89. The molecule has 1 aromatic carbocycles. The Morgan fingerprint density at radius 1 is 1.00 bits per heavy atom.